The summed E-state index contributed by atoms with van der Waals surface area (Å²) >= 11 is 0. The zero-order chi connectivity index (χ0) is 28.4. The van der Waals surface area contributed by atoms with Gasteiger partial charge in [-0.3, -0.25) is 14.4 Å². The van der Waals surface area contributed by atoms with Crippen molar-refractivity contribution in [3.8, 4) is 0 Å². The molecule has 12 heteroatoms. The van der Waals surface area contributed by atoms with E-state index in [4.69, 9.17) is 4.74 Å². The summed E-state index contributed by atoms with van der Waals surface area (Å²) in [5, 5.41) is 10.7. The number of carbonyl (C=O) groups excluding carboxylic acids is 4. The van der Waals surface area contributed by atoms with Gasteiger partial charge in [0, 0.05) is 33.0 Å². The van der Waals surface area contributed by atoms with Crippen LogP contribution in [0, 0.1) is 0 Å². The summed E-state index contributed by atoms with van der Waals surface area (Å²) in [6.07, 6.45) is 3.35. The van der Waals surface area contributed by atoms with Gasteiger partial charge in [0.05, 0.1) is 11.4 Å². The third-order valence-electron chi connectivity index (χ3n) is 5.69. The van der Waals surface area contributed by atoms with E-state index in [1.54, 1.807) is 41.7 Å². The first kappa shape index (κ1) is 29.0. The number of aryl methyl sites for hydroxylation is 2. The largest absolute Gasteiger partial charge is 0.445 e. The molecular weight excluding hydrogens is 502 g/mol. The number of nitrogens with one attached hydrogen (secondary N) is 4. The number of nitrogens with zero attached hydrogens (tertiary/aromatic N) is 3. The molecule has 3 aromatic rings. The lowest BCUT2D eigenvalue weighted by atomic mass is 10.2. The van der Waals surface area contributed by atoms with E-state index >= 15 is 0 Å². The smallest absolute Gasteiger partial charge is 0.407 e. The van der Waals surface area contributed by atoms with Crippen LogP contribution in [-0.2, 0) is 30.2 Å². The lowest BCUT2D eigenvalue weighted by Gasteiger charge is -2.10. The van der Waals surface area contributed by atoms with Crippen LogP contribution < -0.4 is 21.3 Å². The van der Waals surface area contributed by atoms with Gasteiger partial charge in [0.1, 0.15) is 24.5 Å². The summed E-state index contributed by atoms with van der Waals surface area (Å²) in [6, 6.07) is 12.3. The Morgan fingerprint density at radius 1 is 0.846 bits per heavy atom. The molecule has 0 atom stereocenters. The quantitative estimate of drug-likeness (QED) is 0.261. The summed E-state index contributed by atoms with van der Waals surface area (Å²) in [6.45, 7) is 1.21. The van der Waals surface area contributed by atoms with Crippen LogP contribution in [0.2, 0.25) is 0 Å². The zero-order valence-electron chi connectivity index (χ0n) is 22.6. The summed E-state index contributed by atoms with van der Waals surface area (Å²) in [5.74, 6) is -1.11. The van der Waals surface area contributed by atoms with E-state index in [2.05, 4.69) is 21.3 Å². The predicted molar refractivity (Wildman–Crippen MR) is 148 cm³/mol. The second-order valence-corrected chi connectivity index (χ2v) is 9.28. The molecule has 2 aromatic heterocycles. The summed E-state index contributed by atoms with van der Waals surface area (Å²) in [7, 11) is 7.34. The van der Waals surface area contributed by atoms with E-state index in [0.29, 0.717) is 29.3 Å². The minimum absolute atomic E-state index is 0.0931. The molecule has 0 bridgehead atoms. The SMILES string of the molecule is CN(C)CCCNC(=O)c1cc(NC(=O)c2cc(NC(=O)CNC(=O)OCc3ccccc3)cn2C)cn1C. The van der Waals surface area contributed by atoms with Crippen LogP contribution in [0.15, 0.2) is 54.9 Å². The van der Waals surface area contributed by atoms with Crippen molar-refractivity contribution in [3.05, 3.63) is 71.8 Å². The maximum Gasteiger partial charge on any atom is 0.407 e. The minimum Gasteiger partial charge on any atom is -0.445 e. The van der Waals surface area contributed by atoms with Crippen LogP contribution in [-0.4, -0.2) is 71.6 Å². The highest BCUT2D eigenvalue weighted by Crippen LogP contribution is 2.17. The molecule has 0 aliphatic carbocycles. The lowest BCUT2D eigenvalue weighted by Crippen LogP contribution is -2.33. The fraction of sp³-hybridized carbons (Fsp3) is 0.333. The number of aromatic nitrogens is 2. The van der Waals surface area contributed by atoms with Gasteiger partial charge in [0.25, 0.3) is 11.8 Å². The number of alkyl carbamates (subject to hydrolysis) is 1. The van der Waals surface area contributed by atoms with Gasteiger partial charge >= 0.3 is 6.09 Å². The Labute approximate surface area is 227 Å². The molecule has 12 nitrogen and oxygen atoms in total. The Hall–Kier alpha value is -4.58. The number of ether oxygens (including phenoxy) is 1. The van der Waals surface area contributed by atoms with Crippen molar-refractivity contribution in [2.75, 3.05) is 44.4 Å². The number of amides is 4. The standard InChI is InChI=1S/C27H35N7O5/c1-32(2)12-8-11-28-25(36)22-14-21(17-33(22)3)31-26(37)23-13-20(16-34(23)4)30-24(35)15-29-27(38)39-18-19-9-6-5-7-10-19/h5-7,9-10,13-14,16-17H,8,11-12,15,18H2,1-4H3,(H,28,36)(H,29,38)(H,30,35)(H,31,37). The summed E-state index contributed by atoms with van der Waals surface area (Å²) in [4.78, 5) is 51.5. The molecule has 0 aliphatic rings. The Balaban J connectivity index is 1.48. The molecule has 4 N–H and O–H groups in total. The van der Waals surface area contributed by atoms with E-state index in [-0.39, 0.29) is 19.1 Å². The second-order valence-electron chi connectivity index (χ2n) is 9.28. The third kappa shape index (κ3) is 9.04. The van der Waals surface area contributed by atoms with Crippen molar-refractivity contribution >= 4 is 35.2 Å². The third-order valence-corrected chi connectivity index (χ3v) is 5.69. The number of hydrogen-bond acceptors (Lipinski definition) is 6. The highest BCUT2D eigenvalue weighted by atomic mass is 16.5. The van der Waals surface area contributed by atoms with Crippen molar-refractivity contribution < 1.29 is 23.9 Å². The monoisotopic (exact) mass is 537 g/mol. The van der Waals surface area contributed by atoms with Crippen LogP contribution in [0.4, 0.5) is 16.2 Å². The first-order valence-corrected chi connectivity index (χ1v) is 12.4. The van der Waals surface area contributed by atoms with Gasteiger partial charge in [0.2, 0.25) is 5.91 Å². The molecule has 3 rings (SSSR count). The van der Waals surface area contributed by atoms with Crippen LogP contribution >= 0.6 is 0 Å². The number of benzene rings is 1. The van der Waals surface area contributed by atoms with Gasteiger partial charge in [-0.2, -0.15) is 0 Å². The van der Waals surface area contributed by atoms with Gasteiger partial charge in [-0.25, -0.2) is 4.79 Å². The maximum atomic E-state index is 12.9. The summed E-state index contributed by atoms with van der Waals surface area (Å²) < 4.78 is 8.29. The molecule has 0 saturated carbocycles. The van der Waals surface area contributed by atoms with Gasteiger partial charge in [0.15, 0.2) is 0 Å². The van der Waals surface area contributed by atoms with E-state index in [1.165, 1.54) is 6.07 Å². The highest BCUT2D eigenvalue weighted by Gasteiger charge is 2.17. The Kier molecular flexibility index (Phi) is 10.3. The van der Waals surface area contributed by atoms with Crippen molar-refractivity contribution in [3.63, 3.8) is 0 Å². The lowest BCUT2D eigenvalue weighted by molar-refractivity contribution is -0.115. The molecule has 0 spiro atoms. The van der Waals surface area contributed by atoms with Crippen LogP contribution in [0.1, 0.15) is 33.0 Å². The molecule has 0 fully saturated rings. The Morgan fingerprint density at radius 2 is 1.46 bits per heavy atom. The fourth-order valence-corrected chi connectivity index (χ4v) is 3.73. The predicted octanol–water partition coefficient (Wildman–Crippen LogP) is 2.16. The minimum atomic E-state index is -0.716. The van der Waals surface area contributed by atoms with Gasteiger partial charge in [-0.1, -0.05) is 30.3 Å². The Morgan fingerprint density at radius 3 is 2.10 bits per heavy atom. The number of carbonyl (C=O) groups is 4. The van der Waals surface area contributed by atoms with Crippen molar-refractivity contribution in [1.82, 2.24) is 24.7 Å². The number of rotatable bonds is 12. The second kappa shape index (κ2) is 13.8. The molecule has 0 aliphatic heterocycles. The van der Waals surface area contributed by atoms with Crippen LogP contribution in [0.3, 0.4) is 0 Å². The van der Waals surface area contributed by atoms with E-state index in [1.807, 2.05) is 49.3 Å². The topological polar surface area (TPSA) is 139 Å². The molecule has 0 saturated heterocycles. The van der Waals surface area contributed by atoms with Crippen molar-refractivity contribution in [2.24, 2.45) is 14.1 Å². The molecule has 0 radical (unpaired) electrons. The molecule has 208 valence electrons. The normalized spacial score (nSPS) is 10.7. The molecule has 1 aromatic carbocycles. The fourth-order valence-electron chi connectivity index (χ4n) is 3.73. The number of anilines is 2. The van der Waals surface area contributed by atoms with Crippen LogP contribution in [0.25, 0.3) is 0 Å². The molecule has 39 heavy (non-hydrogen) atoms. The first-order valence-electron chi connectivity index (χ1n) is 12.4. The average Bonchev–Trinajstić information content (AvgIpc) is 3.45. The van der Waals surface area contributed by atoms with E-state index in [9.17, 15) is 19.2 Å². The molecule has 0 unspecified atom stereocenters. The van der Waals surface area contributed by atoms with Crippen molar-refractivity contribution in [1.29, 1.82) is 0 Å². The number of hydrogen-bond donors (Lipinski definition) is 4. The van der Waals surface area contributed by atoms with Crippen molar-refractivity contribution in [2.45, 2.75) is 13.0 Å². The van der Waals surface area contributed by atoms with E-state index < -0.39 is 17.9 Å². The van der Waals surface area contributed by atoms with Crippen LogP contribution in [0.5, 0.6) is 0 Å². The summed E-state index contributed by atoms with van der Waals surface area (Å²) in [5.41, 5.74) is 2.39. The zero-order valence-corrected chi connectivity index (χ0v) is 22.6. The first-order chi connectivity index (χ1) is 18.6. The molecule has 2 heterocycles. The Bertz CT molecular complexity index is 1300. The molecular formula is C27H35N7O5. The average molecular weight is 538 g/mol. The van der Waals surface area contributed by atoms with Gasteiger partial charge in [-0.05, 0) is 44.8 Å². The van der Waals surface area contributed by atoms with Gasteiger partial charge < -0.3 is 40.0 Å². The van der Waals surface area contributed by atoms with E-state index in [0.717, 1.165) is 18.5 Å². The maximum absolute atomic E-state index is 12.9. The highest BCUT2D eigenvalue weighted by molar-refractivity contribution is 6.05. The van der Waals surface area contributed by atoms with Gasteiger partial charge in [-0.15, -0.1) is 0 Å². The molecule has 4 amide bonds.